The van der Waals surface area contributed by atoms with Gasteiger partial charge in [-0.05, 0) is 41.8 Å². The molecule has 0 aliphatic carbocycles. The molecule has 0 radical (unpaired) electrons. The van der Waals surface area contributed by atoms with Gasteiger partial charge in [0.05, 0.1) is 0 Å². The standard InChI is InChI=1S/C14H14ClN3O2/c15-17-7-8-3-4-9-2-1-5-18(10(9)6-8)12-11(16)13(19)14(12)20/h3-4,6,17H,1-2,5,7,16H2. The van der Waals surface area contributed by atoms with Crippen molar-refractivity contribution in [2.45, 2.75) is 19.4 Å². The third-order valence-electron chi connectivity index (χ3n) is 3.73. The number of hydrogen-bond acceptors (Lipinski definition) is 5. The van der Waals surface area contributed by atoms with E-state index in [9.17, 15) is 9.59 Å². The van der Waals surface area contributed by atoms with E-state index in [1.54, 1.807) is 0 Å². The molecule has 0 saturated carbocycles. The lowest BCUT2D eigenvalue weighted by atomic mass is 9.98. The predicted octanol–water partition coefficient (Wildman–Crippen LogP) is 1.19. The van der Waals surface area contributed by atoms with E-state index in [1.165, 1.54) is 0 Å². The molecule has 20 heavy (non-hydrogen) atoms. The smallest absolute Gasteiger partial charge is 0.253 e. The lowest BCUT2D eigenvalue weighted by molar-refractivity contribution is 0.761. The number of halogens is 1. The van der Waals surface area contributed by atoms with Gasteiger partial charge < -0.3 is 10.6 Å². The van der Waals surface area contributed by atoms with Crippen molar-refractivity contribution in [2.24, 2.45) is 0 Å². The van der Waals surface area contributed by atoms with Crippen LogP contribution in [0.1, 0.15) is 17.5 Å². The van der Waals surface area contributed by atoms with Crippen molar-refractivity contribution in [1.82, 2.24) is 4.84 Å². The number of fused-ring (bicyclic) bond motifs is 1. The molecule has 0 unspecified atom stereocenters. The third kappa shape index (κ3) is 1.90. The summed E-state index contributed by atoms with van der Waals surface area (Å²) in [6.07, 6.45) is 1.88. The Bertz CT molecular complexity index is 734. The van der Waals surface area contributed by atoms with E-state index in [1.807, 2.05) is 23.1 Å². The Balaban J connectivity index is 2.07. The van der Waals surface area contributed by atoms with E-state index < -0.39 is 10.9 Å². The summed E-state index contributed by atoms with van der Waals surface area (Å²) in [7, 11) is 0. The van der Waals surface area contributed by atoms with E-state index in [2.05, 4.69) is 4.84 Å². The van der Waals surface area contributed by atoms with Gasteiger partial charge in [-0.25, -0.2) is 4.84 Å². The van der Waals surface area contributed by atoms with Gasteiger partial charge in [0, 0.05) is 18.8 Å². The highest BCUT2D eigenvalue weighted by molar-refractivity contribution is 6.13. The second kappa shape index (κ2) is 4.92. The highest BCUT2D eigenvalue weighted by atomic mass is 35.5. The number of hydrogen-bond donors (Lipinski definition) is 2. The number of anilines is 3. The van der Waals surface area contributed by atoms with E-state index >= 15 is 0 Å². The Kier molecular flexibility index (Phi) is 3.23. The van der Waals surface area contributed by atoms with Gasteiger partial charge in [0.15, 0.2) is 0 Å². The van der Waals surface area contributed by atoms with Crippen molar-refractivity contribution >= 4 is 28.8 Å². The van der Waals surface area contributed by atoms with E-state index in [-0.39, 0.29) is 5.69 Å². The average Bonchev–Trinajstić information content (AvgIpc) is 2.48. The zero-order valence-corrected chi connectivity index (χ0v) is 11.5. The number of benzene rings is 1. The van der Waals surface area contributed by atoms with Crippen molar-refractivity contribution in [3.8, 4) is 0 Å². The van der Waals surface area contributed by atoms with Crippen molar-refractivity contribution in [1.29, 1.82) is 0 Å². The zero-order valence-electron chi connectivity index (χ0n) is 10.8. The summed E-state index contributed by atoms with van der Waals surface area (Å²) in [6, 6.07) is 6.02. The van der Waals surface area contributed by atoms with Crippen molar-refractivity contribution < 1.29 is 0 Å². The molecule has 3 N–H and O–H groups in total. The summed E-state index contributed by atoms with van der Waals surface area (Å²) >= 11 is 5.53. The van der Waals surface area contributed by atoms with Crippen LogP contribution in [-0.2, 0) is 13.0 Å². The molecule has 1 heterocycles. The molecule has 0 spiro atoms. The van der Waals surface area contributed by atoms with Crippen LogP contribution < -0.4 is 26.3 Å². The predicted molar refractivity (Wildman–Crippen MR) is 80.2 cm³/mol. The van der Waals surface area contributed by atoms with Crippen LogP contribution in [-0.4, -0.2) is 6.54 Å². The minimum absolute atomic E-state index is 0.0729. The molecule has 2 aromatic carbocycles. The number of nitrogen functional groups attached to an aromatic ring is 1. The van der Waals surface area contributed by atoms with Crippen molar-refractivity contribution in [2.75, 3.05) is 17.2 Å². The van der Waals surface area contributed by atoms with Crippen LogP contribution in [0.3, 0.4) is 0 Å². The first-order chi connectivity index (χ1) is 9.63. The first-order valence-electron chi connectivity index (χ1n) is 6.45. The van der Waals surface area contributed by atoms with Gasteiger partial charge in [-0.15, -0.1) is 0 Å². The van der Waals surface area contributed by atoms with Crippen LogP contribution in [0, 0.1) is 0 Å². The van der Waals surface area contributed by atoms with Crippen LogP contribution in [0.25, 0.3) is 0 Å². The summed E-state index contributed by atoms with van der Waals surface area (Å²) in [5.41, 5.74) is 8.14. The second-order valence-electron chi connectivity index (χ2n) is 4.95. The number of nitrogens with one attached hydrogen (secondary N) is 1. The van der Waals surface area contributed by atoms with Crippen molar-refractivity contribution in [3.05, 3.63) is 49.8 Å². The fraction of sp³-hybridized carbons (Fsp3) is 0.286. The van der Waals surface area contributed by atoms with Crippen LogP contribution >= 0.6 is 11.8 Å². The fourth-order valence-electron chi connectivity index (χ4n) is 2.70. The monoisotopic (exact) mass is 291 g/mol. The molecule has 0 fully saturated rings. The number of rotatable bonds is 3. The number of nitrogens with zero attached hydrogens (tertiary/aromatic N) is 1. The van der Waals surface area contributed by atoms with Gasteiger partial charge in [-0.3, -0.25) is 9.59 Å². The van der Waals surface area contributed by atoms with Crippen molar-refractivity contribution in [3.63, 3.8) is 0 Å². The summed E-state index contributed by atoms with van der Waals surface area (Å²) in [4.78, 5) is 27.5. The fourth-order valence-corrected chi connectivity index (χ4v) is 2.86. The van der Waals surface area contributed by atoms with E-state index in [0.717, 1.165) is 29.7 Å². The summed E-state index contributed by atoms with van der Waals surface area (Å²) in [6.45, 7) is 1.23. The van der Waals surface area contributed by atoms with Gasteiger partial charge in [-0.2, -0.15) is 0 Å². The Morgan fingerprint density at radius 2 is 2.10 bits per heavy atom. The molecule has 104 valence electrons. The molecule has 6 heteroatoms. The normalized spacial score (nSPS) is 14.6. The first-order valence-corrected chi connectivity index (χ1v) is 6.83. The summed E-state index contributed by atoms with van der Waals surface area (Å²) in [5, 5.41) is 0. The van der Waals surface area contributed by atoms with Crippen LogP contribution in [0.5, 0.6) is 0 Å². The third-order valence-corrected chi connectivity index (χ3v) is 3.86. The van der Waals surface area contributed by atoms with Crippen LogP contribution in [0.4, 0.5) is 17.1 Å². The van der Waals surface area contributed by atoms with Crippen LogP contribution in [0.15, 0.2) is 27.8 Å². The number of nitrogens with two attached hydrogens (primary N) is 1. The minimum atomic E-state index is -0.578. The number of aryl methyl sites for hydroxylation is 1. The lowest BCUT2D eigenvalue weighted by Crippen LogP contribution is -2.42. The Labute approximate surface area is 120 Å². The maximum Gasteiger partial charge on any atom is 0.253 e. The Morgan fingerprint density at radius 3 is 2.80 bits per heavy atom. The zero-order chi connectivity index (χ0) is 14.3. The van der Waals surface area contributed by atoms with Gasteiger partial charge in [0.1, 0.15) is 11.4 Å². The molecular formula is C14H14ClN3O2. The minimum Gasteiger partial charge on any atom is -0.394 e. The average molecular weight is 292 g/mol. The Morgan fingerprint density at radius 1 is 1.30 bits per heavy atom. The topological polar surface area (TPSA) is 75.4 Å². The lowest BCUT2D eigenvalue weighted by Gasteiger charge is -2.32. The molecule has 1 aliphatic heterocycles. The van der Waals surface area contributed by atoms with Gasteiger partial charge in [0.25, 0.3) is 10.9 Å². The molecule has 0 atom stereocenters. The van der Waals surface area contributed by atoms with Gasteiger partial charge >= 0.3 is 0 Å². The van der Waals surface area contributed by atoms with Gasteiger partial charge in [0.2, 0.25) is 0 Å². The molecule has 5 nitrogen and oxygen atoms in total. The molecule has 0 bridgehead atoms. The largest absolute Gasteiger partial charge is 0.394 e. The SMILES string of the molecule is Nc1c(N2CCCc3ccc(CNCl)cc32)c(=O)c1=O. The molecular weight excluding hydrogens is 278 g/mol. The molecule has 0 saturated heterocycles. The second-order valence-corrected chi connectivity index (χ2v) is 5.22. The molecule has 0 aromatic heterocycles. The highest BCUT2D eigenvalue weighted by Gasteiger charge is 2.28. The van der Waals surface area contributed by atoms with Gasteiger partial charge in [-0.1, -0.05) is 12.1 Å². The Hall–Kier alpha value is -1.85. The maximum atomic E-state index is 11.7. The van der Waals surface area contributed by atoms with E-state index in [4.69, 9.17) is 17.5 Å². The molecule has 0 amide bonds. The highest BCUT2D eigenvalue weighted by Crippen LogP contribution is 2.34. The molecule has 3 rings (SSSR count). The molecule has 1 aliphatic rings. The first kappa shape index (κ1) is 13.1. The molecule has 2 aromatic rings. The van der Waals surface area contributed by atoms with Crippen LogP contribution in [0.2, 0.25) is 0 Å². The summed E-state index contributed by atoms with van der Waals surface area (Å²) < 4.78 is 0. The quantitative estimate of drug-likeness (QED) is 0.656. The van der Waals surface area contributed by atoms with E-state index in [0.29, 0.717) is 18.8 Å². The summed E-state index contributed by atoms with van der Waals surface area (Å²) in [5.74, 6) is 0. The maximum absolute atomic E-state index is 11.7.